The average Bonchev–Trinajstić information content (AvgIpc) is 3.33. The van der Waals surface area contributed by atoms with Crippen molar-refractivity contribution in [1.82, 2.24) is 29.6 Å². The Morgan fingerprint density at radius 1 is 1.15 bits per heavy atom. The number of carbonyl (C=O) groups is 2. The molecule has 0 bridgehead atoms. The Labute approximate surface area is 226 Å². The van der Waals surface area contributed by atoms with Crippen LogP contribution in [0.4, 0.5) is 24.8 Å². The van der Waals surface area contributed by atoms with E-state index in [2.05, 4.69) is 26.8 Å². The van der Waals surface area contributed by atoms with E-state index in [0.29, 0.717) is 28.8 Å². The molecule has 206 valence electrons. The summed E-state index contributed by atoms with van der Waals surface area (Å²) >= 11 is 0. The summed E-state index contributed by atoms with van der Waals surface area (Å²) in [4.78, 5) is 39.1. The Morgan fingerprint density at radius 2 is 1.90 bits per heavy atom. The predicted octanol–water partition coefficient (Wildman–Crippen LogP) is 4.48. The van der Waals surface area contributed by atoms with Gasteiger partial charge in [-0.15, -0.1) is 0 Å². The van der Waals surface area contributed by atoms with E-state index in [0.717, 1.165) is 25.0 Å². The van der Waals surface area contributed by atoms with Crippen molar-refractivity contribution >= 4 is 34.5 Å². The molecule has 1 unspecified atom stereocenters. The number of fused-ring (bicyclic) bond motifs is 1. The fourth-order valence-electron chi connectivity index (χ4n) is 5.00. The van der Waals surface area contributed by atoms with Crippen molar-refractivity contribution in [2.45, 2.75) is 38.0 Å². The number of nitrogens with zero attached hydrogens (tertiary/aromatic N) is 6. The largest absolute Gasteiger partial charge is 0.419 e. The van der Waals surface area contributed by atoms with Gasteiger partial charge >= 0.3 is 6.18 Å². The lowest BCUT2D eigenvalue weighted by molar-refractivity contribution is -0.137. The number of alkyl halides is 3. The minimum absolute atomic E-state index is 0.120. The van der Waals surface area contributed by atoms with Crippen molar-refractivity contribution in [3.05, 3.63) is 72.7 Å². The van der Waals surface area contributed by atoms with Crippen molar-refractivity contribution in [2.75, 3.05) is 17.6 Å². The first-order valence-electron chi connectivity index (χ1n) is 12.5. The molecule has 1 aliphatic heterocycles. The van der Waals surface area contributed by atoms with Crippen molar-refractivity contribution in [3.8, 4) is 11.3 Å². The number of rotatable bonds is 5. The molecule has 2 atom stereocenters. The Kier molecular flexibility index (Phi) is 6.96. The number of hydrogen-bond donors (Lipinski definition) is 2. The van der Waals surface area contributed by atoms with Crippen molar-refractivity contribution in [1.29, 1.82) is 0 Å². The quantitative estimate of drug-likeness (QED) is 0.350. The first-order valence-corrected chi connectivity index (χ1v) is 12.5. The molecule has 2 amide bonds. The third kappa shape index (κ3) is 4.85. The van der Waals surface area contributed by atoms with Gasteiger partial charge in [0, 0.05) is 23.9 Å². The van der Waals surface area contributed by atoms with Crippen LogP contribution in [-0.2, 0) is 11.0 Å². The monoisotopic (exact) mass is 550 g/mol. The van der Waals surface area contributed by atoms with Crippen LogP contribution in [0.3, 0.4) is 0 Å². The third-order valence-electron chi connectivity index (χ3n) is 7.00. The molecule has 1 saturated heterocycles. The summed E-state index contributed by atoms with van der Waals surface area (Å²) in [5, 5.41) is 7.58. The van der Waals surface area contributed by atoms with Crippen LogP contribution in [0, 0.1) is 0 Å². The zero-order valence-corrected chi connectivity index (χ0v) is 21.4. The summed E-state index contributed by atoms with van der Waals surface area (Å²) in [6.45, 7) is 6.15. The molecule has 1 aromatic carbocycles. The van der Waals surface area contributed by atoms with Crippen LogP contribution in [0.25, 0.3) is 22.3 Å². The molecule has 40 heavy (non-hydrogen) atoms. The lowest BCUT2D eigenvalue weighted by atomic mass is 9.97. The molecular weight excluding hydrogens is 525 g/mol. The number of benzene rings is 1. The molecule has 10 nitrogen and oxygen atoms in total. The Balaban J connectivity index is 1.48. The SMILES string of the molecule is C=CC(=O)N1CCCC(n2nc(-c3ccc(C(=O)Nc4ncccc4C(F)(F)F)cc3)c3c(N)ncnc32)[C@H]1C. The zero-order valence-electron chi connectivity index (χ0n) is 21.4. The van der Waals surface area contributed by atoms with Gasteiger partial charge in [0.15, 0.2) is 5.65 Å². The second kappa shape index (κ2) is 10.4. The molecule has 0 saturated carbocycles. The number of nitrogens with two attached hydrogens (primary N) is 1. The van der Waals surface area contributed by atoms with Crippen LogP contribution in [0.2, 0.25) is 0 Å². The predicted molar refractivity (Wildman–Crippen MR) is 142 cm³/mol. The molecule has 1 fully saturated rings. The van der Waals surface area contributed by atoms with E-state index < -0.39 is 23.5 Å². The molecule has 1 aliphatic rings. The average molecular weight is 551 g/mol. The maximum Gasteiger partial charge on any atom is 0.419 e. The van der Waals surface area contributed by atoms with Crippen molar-refractivity contribution < 1.29 is 22.8 Å². The van der Waals surface area contributed by atoms with Gasteiger partial charge < -0.3 is 16.0 Å². The maximum atomic E-state index is 13.3. The highest BCUT2D eigenvalue weighted by molar-refractivity contribution is 6.05. The first-order chi connectivity index (χ1) is 19.1. The van der Waals surface area contributed by atoms with Crippen LogP contribution < -0.4 is 11.1 Å². The number of halogens is 3. The third-order valence-corrected chi connectivity index (χ3v) is 7.00. The summed E-state index contributed by atoms with van der Waals surface area (Å²) in [7, 11) is 0. The molecule has 0 spiro atoms. The Morgan fingerprint density at radius 3 is 2.60 bits per heavy atom. The number of hydrogen-bond acceptors (Lipinski definition) is 7. The van der Waals surface area contributed by atoms with Crippen LogP contribution in [0.5, 0.6) is 0 Å². The van der Waals surface area contributed by atoms with Gasteiger partial charge in [0.05, 0.1) is 23.0 Å². The molecule has 0 radical (unpaired) electrons. The number of piperidine rings is 1. The van der Waals surface area contributed by atoms with Crippen LogP contribution >= 0.6 is 0 Å². The van der Waals surface area contributed by atoms with E-state index >= 15 is 0 Å². The highest BCUT2D eigenvalue weighted by Crippen LogP contribution is 2.36. The fraction of sp³-hybridized carbons (Fsp3) is 0.259. The van der Waals surface area contributed by atoms with Gasteiger partial charge in [0.25, 0.3) is 5.91 Å². The van der Waals surface area contributed by atoms with Gasteiger partial charge in [0.2, 0.25) is 5.91 Å². The fourth-order valence-corrected chi connectivity index (χ4v) is 5.00. The molecule has 0 aliphatic carbocycles. The number of pyridine rings is 1. The van der Waals surface area contributed by atoms with Crippen LogP contribution in [0.15, 0.2) is 61.6 Å². The normalized spacial score (nSPS) is 17.6. The summed E-state index contributed by atoms with van der Waals surface area (Å²) in [6, 6.07) is 7.80. The van der Waals surface area contributed by atoms with Gasteiger partial charge in [-0.25, -0.2) is 19.6 Å². The van der Waals surface area contributed by atoms with Crippen LogP contribution in [-0.4, -0.2) is 54.0 Å². The number of anilines is 2. The Bertz CT molecular complexity index is 1600. The molecule has 5 rings (SSSR count). The molecule has 3 aromatic heterocycles. The maximum absolute atomic E-state index is 13.3. The van der Waals surface area contributed by atoms with E-state index in [1.54, 1.807) is 21.7 Å². The molecule has 13 heteroatoms. The molecule has 4 heterocycles. The Hall–Kier alpha value is -4.81. The van der Waals surface area contributed by atoms with Crippen LogP contribution in [0.1, 0.15) is 41.7 Å². The second-order valence-corrected chi connectivity index (χ2v) is 9.37. The van der Waals surface area contributed by atoms with Crippen molar-refractivity contribution in [2.24, 2.45) is 0 Å². The number of carbonyl (C=O) groups excluding carboxylic acids is 2. The van der Waals surface area contributed by atoms with E-state index in [1.165, 1.54) is 30.7 Å². The number of nitrogens with one attached hydrogen (secondary N) is 1. The number of likely N-dealkylation sites (tertiary alicyclic amines) is 1. The topological polar surface area (TPSA) is 132 Å². The highest BCUT2D eigenvalue weighted by atomic mass is 19.4. The zero-order chi connectivity index (χ0) is 28.6. The second-order valence-electron chi connectivity index (χ2n) is 9.37. The number of amides is 2. The number of aromatic nitrogens is 5. The van der Waals surface area contributed by atoms with Gasteiger partial charge in [0.1, 0.15) is 23.7 Å². The van der Waals surface area contributed by atoms with E-state index in [1.807, 2.05) is 6.92 Å². The molecule has 4 aromatic rings. The van der Waals surface area contributed by atoms with Gasteiger partial charge in [-0.1, -0.05) is 18.7 Å². The van der Waals surface area contributed by atoms with E-state index in [-0.39, 0.29) is 29.4 Å². The van der Waals surface area contributed by atoms with Gasteiger partial charge in [-0.2, -0.15) is 18.3 Å². The summed E-state index contributed by atoms with van der Waals surface area (Å²) in [5.74, 6) is -1.28. The summed E-state index contributed by atoms with van der Waals surface area (Å²) in [5.41, 5.74) is 6.89. The minimum atomic E-state index is -4.67. The van der Waals surface area contributed by atoms with E-state index in [9.17, 15) is 22.8 Å². The first kappa shape index (κ1) is 26.8. The standard InChI is InChI=1S/C27H25F3N8O2/c1-3-20(39)37-13-5-7-19(15(37)2)38-25-21(23(31)33-14-34-25)22(36-38)16-8-10-17(11-9-16)26(40)35-24-18(27(28,29)30)6-4-12-32-24/h3-4,6,8-12,14-15,19H,1,5,7,13H2,2H3,(H2,31,33,34)(H,32,35,40)/t15-,19?/m1/s1. The summed E-state index contributed by atoms with van der Waals surface area (Å²) in [6.07, 6.45) is 0.661. The molecular formula is C27H25F3N8O2. The lowest BCUT2D eigenvalue weighted by Gasteiger charge is -2.39. The smallest absolute Gasteiger partial charge is 0.383 e. The highest BCUT2D eigenvalue weighted by Gasteiger charge is 2.35. The van der Waals surface area contributed by atoms with Gasteiger partial charge in [-0.3, -0.25) is 9.59 Å². The van der Waals surface area contributed by atoms with Gasteiger partial charge in [-0.05, 0) is 50.1 Å². The molecule has 3 N–H and O–H groups in total. The minimum Gasteiger partial charge on any atom is -0.383 e. The summed E-state index contributed by atoms with van der Waals surface area (Å²) < 4.78 is 41.7. The van der Waals surface area contributed by atoms with Crippen molar-refractivity contribution in [3.63, 3.8) is 0 Å². The lowest BCUT2D eigenvalue weighted by Crippen LogP contribution is -2.47. The number of nitrogen functional groups attached to an aromatic ring is 1. The van der Waals surface area contributed by atoms with E-state index in [4.69, 9.17) is 10.8 Å².